The van der Waals surface area contributed by atoms with E-state index in [1.54, 1.807) is 6.07 Å². The summed E-state index contributed by atoms with van der Waals surface area (Å²) in [5.74, 6) is -1.14. The van der Waals surface area contributed by atoms with Crippen LogP contribution in [0.4, 0.5) is 5.69 Å². The summed E-state index contributed by atoms with van der Waals surface area (Å²) in [6.07, 6.45) is 1.86. The Bertz CT molecular complexity index is 778. The van der Waals surface area contributed by atoms with Crippen LogP contribution in [-0.2, 0) is 0 Å². The molecular formula is C18H15NO3. The van der Waals surface area contributed by atoms with E-state index in [2.05, 4.69) is 0 Å². The molecule has 110 valence electrons. The van der Waals surface area contributed by atoms with Gasteiger partial charge in [0.15, 0.2) is 5.78 Å². The van der Waals surface area contributed by atoms with Gasteiger partial charge in [-0.05, 0) is 29.8 Å². The molecular weight excluding hydrogens is 278 g/mol. The fourth-order valence-electron chi connectivity index (χ4n) is 2.63. The highest BCUT2D eigenvalue weighted by Crippen LogP contribution is 2.30. The molecule has 0 fully saturated rings. The average Bonchev–Trinajstić information content (AvgIpc) is 2.53. The Morgan fingerprint density at radius 2 is 1.91 bits per heavy atom. The van der Waals surface area contributed by atoms with Crippen molar-refractivity contribution >= 4 is 23.5 Å². The fourth-order valence-corrected chi connectivity index (χ4v) is 2.63. The summed E-state index contributed by atoms with van der Waals surface area (Å²) in [5.41, 5.74) is 2.94. The smallest absolute Gasteiger partial charge is 0.335 e. The van der Waals surface area contributed by atoms with Crippen molar-refractivity contribution in [1.29, 1.82) is 0 Å². The Labute approximate surface area is 128 Å². The monoisotopic (exact) mass is 293 g/mol. The first kappa shape index (κ1) is 14.1. The predicted molar refractivity (Wildman–Crippen MR) is 85.4 cm³/mol. The second kappa shape index (κ2) is 5.48. The Kier molecular flexibility index (Phi) is 3.51. The number of Topliss-reactive ketones (excluding diaryl/α,β-unsaturated/α-hetero) is 1. The van der Waals surface area contributed by atoms with E-state index in [4.69, 9.17) is 5.11 Å². The minimum atomic E-state index is -1.03. The second-order valence-corrected chi connectivity index (χ2v) is 5.30. The molecule has 0 spiro atoms. The fraction of sp³-hybridized carbons (Fsp3) is 0.111. The Morgan fingerprint density at radius 1 is 1.18 bits per heavy atom. The molecule has 4 heteroatoms. The minimum absolute atomic E-state index is 0.111. The van der Waals surface area contributed by atoms with Crippen LogP contribution in [0.2, 0.25) is 0 Å². The number of likely N-dealkylation sites (N-methyl/N-ethyl adjacent to an activating group) is 1. The molecule has 0 aliphatic carbocycles. The predicted octanol–water partition coefficient (Wildman–Crippen LogP) is 3.10. The number of benzene rings is 2. The van der Waals surface area contributed by atoms with Gasteiger partial charge in [-0.1, -0.05) is 30.3 Å². The molecule has 0 saturated heterocycles. The van der Waals surface area contributed by atoms with E-state index in [0.717, 1.165) is 11.3 Å². The quantitative estimate of drug-likeness (QED) is 0.864. The molecule has 0 aromatic heterocycles. The average molecular weight is 293 g/mol. The molecule has 0 amide bonds. The Hall–Kier alpha value is -2.88. The third-order valence-electron chi connectivity index (χ3n) is 3.74. The number of carboxylic acids is 1. The summed E-state index contributed by atoms with van der Waals surface area (Å²) >= 11 is 0. The minimum Gasteiger partial charge on any atom is -0.478 e. The van der Waals surface area contributed by atoms with E-state index in [-0.39, 0.29) is 11.3 Å². The van der Waals surface area contributed by atoms with Gasteiger partial charge in [0.25, 0.3) is 0 Å². The number of nitrogens with zero attached hydrogens (tertiary/aromatic N) is 1. The van der Waals surface area contributed by atoms with Crippen LogP contribution in [0, 0.1) is 0 Å². The molecule has 1 N–H and O–H groups in total. The van der Waals surface area contributed by atoms with Crippen LogP contribution in [-0.4, -0.2) is 30.5 Å². The summed E-state index contributed by atoms with van der Waals surface area (Å²) < 4.78 is 0. The van der Waals surface area contributed by atoms with Gasteiger partial charge in [0.05, 0.1) is 5.56 Å². The zero-order valence-electron chi connectivity index (χ0n) is 12.1. The lowest BCUT2D eigenvalue weighted by Gasteiger charge is -2.28. The van der Waals surface area contributed by atoms with Gasteiger partial charge in [-0.2, -0.15) is 0 Å². The van der Waals surface area contributed by atoms with E-state index in [1.807, 2.05) is 48.4 Å². The molecule has 1 aliphatic heterocycles. The number of rotatable bonds is 2. The number of hydrogen-bond donors (Lipinski definition) is 1. The van der Waals surface area contributed by atoms with Crippen LogP contribution in [0.3, 0.4) is 0 Å². The van der Waals surface area contributed by atoms with Crippen molar-refractivity contribution in [3.8, 4) is 0 Å². The topological polar surface area (TPSA) is 57.6 Å². The third kappa shape index (κ3) is 2.51. The Morgan fingerprint density at radius 3 is 2.59 bits per heavy atom. The number of carbonyl (C=O) groups excluding carboxylic acids is 1. The lowest BCUT2D eigenvalue weighted by atomic mass is 9.93. The van der Waals surface area contributed by atoms with Crippen LogP contribution >= 0.6 is 0 Å². The number of ketones is 1. The summed E-state index contributed by atoms with van der Waals surface area (Å²) in [6.45, 7) is 0.507. The number of carbonyl (C=O) groups is 2. The zero-order valence-corrected chi connectivity index (χ0v) is 12.1. The maximum Gasteiger partial charge on any atom is 0.335 e. The lowest BCUT2D eigenvalue weighted by molar-refractivity contribution is 0.0697. The molecule has 2 aromatic rings. The number of anilines is 1. The molecule has 1 aliphatic rings. The summed E-state index contributed by atoms with van der Waals surface area (Å²) in [4.78, 5) is 25.7. The van der Waals surface area contributed by atoms with Gasteiger partial charge in [-0.3, -0.25) is 4.79 Å². The van der Waals surface area contributed by atoms with Crippen LogP contribution in [0.25, 0.3) is 6.08 Å². The highest BCUT2D eigenvalue weighted by Gasteiger charge is 2.26. The van der Waals surface area contributed by atoms with Crippen molar-refractivity contribution in [2.24, 2.45) is 0 Å². The molecule has 0 radical (unpaired) electrons. The molecule has 4 nitrogen and oxygen atoms in total. The van der Waals surface area contributed by atoms with Crippen molar-refractivity contribution in [2.75, 3.05) is 18.5 Å². The molecule has 3 rings (SSSR count). The van der Waals surface area contributed by atoms with Crippen molar-refractivity contribution in [3.63, 3.8) is 0 Å². The number of hydrogen-bond acceptors (Lipinski definition) is 3. The molecule has 0 saturated carbocycles. The highest BCUT2D eigenvalue weighted by molar-refractivity contribution is 6.17. The van der Waals surface area contributed by atoms with Crippen molar-refractivity contribution < 1.29 is 14.7 Å². The highest BCUT2D eigenvalue weighted by atomic mass is 16.4. The molecule has 1 heterocycles. The summed E-state index contributed by atoms with van der Waals surface area (Å²) in [5, 5.41) is 9.10. The van der Waals surface area contributed by atoms with Crippen molar-refractivity contribution in [3.05, 3.63) is 70.8 Å². The normalized spacial score (nSPS) is 15.8. The van der Waals surface area contributed by atoms with Gasteiger partial charge in [-0.25, -0.2) is 4.79 Å². The molecule has 0 unspecified atom stereocenters. The van der Waals surface area contributed by atoms with Crippen LogP contribution in [0.15, 0.2) is 54.1 Å². The molecule has 2 aromatic carbocycles. The third-order valence-corrected chi connectivity index (χ3v) is 3.74. The van der Waals surface area contributed by atoms with Crippen LogP contribution in [0.1, 0.15) is 26.3 Å². The first-order chi connectivity index (χ1) is 10.6. The number of aromatic carboxylic acids is 1. The van der Waals surface area contributed by atoms with Gasteiger partial charge < -0.3 is 10.0 Å². The maximum atomic E-state index is 12.7. The second-order valence-electron chi connectivity index (χ2n) is 5.30. The van der Waals surface area contributed by atoms with Crippen LogP contribution < -0.4 is 4.90 Å². The van der Waals surface area contributed by atoms with E-state index in [9.17, 15) is 9.59 Å². The van der Waals surface area contributed by atoms with Crippen molar-refractivity contribution in [1.82, 2.24) is 0 Å². The lowest BCUT2D eigenvalue weighted by Crippen LogP contribution is -2.30. The maximum absolute atomic E-state index is 12.7. The van der Waals surface area contributed by atoms with Gasteiger partial charge in [0.2, 0.25) is 0 Å². The van der Waals surface area contributed by atoms with Gasteiger partial charge in [-0.15, -0.1) is 0 Å². The first-order valence-electron chi connectivity index (χ1n) is 6.95. The van der Waals surface area contributed by atoms with Gasteiger partial charge in [0.1, 0.15) is 0 Å². The Balaban J connectivity index is 2.06. The largest absolute Gasteiger partial charge is 0.478 e. The standard InChI is InChI=1S/C18H15NO3/c1-19-11-14(9-12-5-3-2-4-6-12)17(20)15-10-13(18(21)22)7-8-16(15)19/h2-10H,11H2,1H3,(H,21,22)/b14-9+. The molecule has 0 atom stereocenters. The zero-order chi connectivity index (χ0) is 15.7. The van der Waals surface area contributed by atoms with E-state index in [1.165, 1.54) is 12.1 Å². The van der Waals surface area contributed by atoms with E-state index in [0.29, 0.717) is 17.7 Å². The SMILES string of the molecule is CN1C/C(=C\c2ccccc2)C(=O)c2cc(C(=O)O)ccc21. The number of fused-ring (bicyclic) bond motifs is 1. The van der Waals surface area contributed by atoms with Crippen molar-refractivity contribution in [2.45, 2.75) is 0 Å². The summed E-state index contributed by atoms with van der Waals surface area (Å²) in [6, 6.07) is 14.3. The van der Waals surface area contributed by atoms with Gasteiger partial charge in [0, 0.05) is 30.4 Å². The van der Waals surface area contributed by atoms with Crippen LogP contribution in [0.5, 0.6) is 0 Å². The van der Waals surface area contributed by atoms with E-state index < -0.39 is 5.97 Å². The van der Waals surface area contributed by atoms with Gasteiger partial charge >= 0.3 is 5.97 Å². The molecule has 22 heavy (non-hydrogen) atoms. The number of carboxylic acid groups (broad SMARTS) is 1. The molecule has 0 bridgehead atoms. The summed E-state index contributed by atoms with van der Waals surface area (Å²) in [7, 11) is 1.89. The van der Waals surface area contributed by atoms with E-state index >= 15 is 0 Å². The first-order valence-corrected chi connectivity index (χ1v) is 6.95.